The Hall–Kier alpha value is -4.01. The van der Waals surface area contributed by atoms with Gasteiger partial charge in [-0.25, -0.2) is 10.0 Å². The van der Waals surface area contributed by atoms with Gasteiger partial charge in [0, 0.05) is 80.7 Å². The highest BCUT2D eigenvalue weighted by atomic mass is 17.0. The number of amides is 1. The Morgan fingerprint density at radius 3 is 2.63 bits per heavy atom. The second-order valence-electron chi connectivity index (χ2n) is 15.7. The van der Waals surface area contributed by atoms with Gasteiger partial charge >= 0.3 is 0 Å². The Balaban J connectivity index is 0.811. The maximum atomic E-state index is 13.7. The molecule has 0 saturated carbocycles. The summed E-state index contributed by atoms with van der Waals surface area (Å²) < 4.78 is 0. The molecule has 0 unspecified atom stereocenters. The molecule has 272 valence electrons. The van der Waals surface area contributed by atoms with Gasteiger partial charge in [0.05, 0.1) is 36.8 Å². The van der Waals surface area contributed by atoms with Crippen molar-refractivity contribution in [2.75, 3.05) is 80.9 Å². The van der Waals surface area contributed by atoms with Crippen molar-refractivity contribution < 1.29 is 14.6 Å². The summed E-state index contributed by atoms with van der Waals surface area (Å²) in [5.74, 6) is 1.82. The Morgan fingerprint density at radius 2 is 1.88 bits per heavy atom. The van der Waals surface area contributed by atoms with Crippen molar-refractivity contribution in [1.29, 1.82) is 0 Å². The zero-order chi connectivity index (χ0) is 35.1. The van der Waals surface area contributed by atoms with Crippen LogP contribution in [0.3, 0.4) is 0 Å². The smallest absolute Gasteiger partial charge is 0.243 e. The van der Waals surface area contributed by atoms with Crippen molar-refractivity contribution in [2.24, 2.45) is 11.3 Å². The van der Waals surface area contributed by atoms with Crippen LogP contribution in [-0.2, 0) is 27.4 Å². The normalized spacial score (nSPS) is 21.2. The molecular weight excluding hydrogens is 644 g/mol. The van der Waals surface area contributed by atoms with E-state index in [4.69, 9.17) is 19.9 Å². The maximum Gasteiger partial charge on any atom is 0.243 e. The zero-order valence-electron chi connectivity index (χ0n) is 30.5. The van der Waals surface area contributed by atoms with E-state index in [-0.39, 0.29) is 11.9 Å². The molecule has 13 nitrogen and oxygen atoms in total. The van der Waals surface area contributed by atoms with Crippen molar-refractivity contribution in [3.8, 4) is 11.4 Å². The highest BCUT2D eigenvalue weighted by Crippen LogP contribution is 2.38. The molecule has 51 heavy (non-hydrogen) atoms. The molecule has 0 bridgehead atoms. The lowest BCUT2D eigenvalue weighted by molar-refractivity contribution is -0.210. The quantitative estimate of drug-likeness (QED) is 0.242. The molecule has 1 atom stereocenters. The third-order valence-electron chi connectivity index (χ3n) is 11.6. The standard InChI is InChI=1S/C38H52N10O3/c1-26(37(49)44(4)29-6-5-28-21-33(40-32(28)22-29)36-31-9-12-38(2,3)23-34(31)41-42-36)46-17-15-45(16-18-46)25-27-10-13-47(14-11-27)35-8-7-30(24-39-35)48-19-20-50-43-51-48/h5-8,21-22,24,26-27,40,43H,9-20,23,25H2,1-4H3,(H,41,42)/t26-/m0/s1. The van der Waals surface area contributed by atoms with Crippen LogP contribution in [0.25, 0.3) is 22.3 Å². The highest BCUT2D eigenvalue weighted by Gasteiger charge is 2.31. The van der Waals surface area contributed by atoms with Crippen LogP contribution in [0.2, 0.25) is 0 Å². The summed E-state index contributed by atoms with van der Waals surface area (Å²) in [6.07, 6.45) is 7.42. The lowest BCUT2D eigenvalue weighted by atomic mass is 9.76. The first-order valence-corrected chi connectivity index (χ1v) is 18.7. The average molecular weight is 697 g/mol. The van der Waals surface area contributed by atoms with Crippen LogP contribution in [0.1, 0.15) is 51.3 Å². The largest absolute Gasteiger partial charge is 0.357 e. The number of aromatic nitrogens is 4. The fourth-order valence-electron chi connectivity index (χ4n) is 8.31. The lowest BCUT2D eigenvalue weighted by Gasteiger charge is -2.41. The minimum absolute atomic E-state index is 0.127. The van der Waals surface area contributed by atoms with Gasteiger partial charge in [0.15, 0.2) is 0 Å². The number of hydrogen-bond donors (Lipinski definition) is 3. The predicted octanol–water partition coefficient (Wildman–Crippen LogP) is 4.54. The number of rotatable bonds is 8. The van der Waals surface area contributed by atoms with E-state index >= 15 is 0 Å². The monoisotopic (exact) mass is 696 g/mol. The van der Waals surface area contributed by atoms with E-state index in [0.29, 0.717) is 24.5 Å². The number of hydroxylamine groups is 1. The summed E-state index contributed by atoms with van der Waals surface area (Å²) in [5, 5.41) is 10.9. The number of fused-ring (bicyclic) bond motifs is 2. The number of carbonyl (C=O) groups is 1. The average Bonchev–Trinajstić information content (AvgIpc) is 3.78. The zero-order valence-corrected chi connectivity index (χ0v) is 30.5. The number of benzene rings is 1. The van der Waals surface area contributed by atoms with E-state index in [9.17, 15) is 4.79 Å². The van der Waals surface area contributed by atoms with Crippen LogP contribution in [0.5, 0.6) is 0 Å². The number of pyridine rings is 1. The molecule has 3 N–H and O–H groups in total. The van der Waals surface area contributed by atoms with Crippen molar-refractivity contribution in [3.05, 3.63) is 53.9 Å². The van der Waals surface area contributed by atoms with Crippen LogP contribution in [0.4, 0.5) is 17.2 Å². The molecule has 4 aromatic rings. The van der Waals surface area contributed by atoms with E-state index in [1.165, 1.54) is 11.3 Å². The number of nitrogens with zero attached hydrogens (tertiary/aromatic N) is 7. The molecule has 0 radical (unpaired) electrons. The third kappa shape index (κ3) is 7.22. The second kappa shape index (κ2) is 14.2. The van der Waals surface area contributed by atoms with Gasteiger partial charge in [0.25, 0.3) is 0 Å². The molecule has 0 spiro atoms. The number of piperazine rings is 1. The van der Waals surface area contributed by atoms with Gasteiger partial charge in [-0.1, -0.05) is 25.6 Å². The molecule has 6 heterocycles. The summed E-state index contributed by atoms with van der Waals surface area (Å²) in [6.45, 7) is 14.9. The van der Waals surface area contributed by atoms with Gasteiger partial charge in [0.2, 0.25) is 5.91 Å². The second-order valence-corrected chi connectivity index (χ2v) is 15.7. The first-order chi connectivity index (χ1) is 24.7. The van der Waals surface area contributed by atoms with Gasteiger partial charge in [-0.2, -0.15) is 10.0 Å². The number of hydrogen-bond acceptors (Lipinski definition) is 10. The van der Waals surface area contributed by atoms with Crippen LogP contribution in [-0.4, -0.2) is 108 Å². The summed E-state index contributed by atoms with van der Waals surface area (Å²) >= 11 is 0. The predicted molar refractivity (Wildman–Crippen MR) is 199 cm³/mol. The van der Waals surface area contributed by atoms with Crippen LogP contribution in [0.15, 0.2) is 42.6 Å². The molecule has 1 aromatic carbocycles. The van der Waals surface area contributed by atoms with Crippen LogP contribution in [0, 0.1) is 11.3 Å². The van der Waals surface area contributed by atoms with Gasteiger partial charge in [-0.05, 0) is 80.7 Å². The Kier molecular flexibility index (Phi) is 9.49. The molecule has 4 aliphatic rings. The van der Waals surface area contributed by atoms with E-state index in [2.05, 4.69) is 87.6 Å². The number of nitrogens with one attached hydrogen (secondary N) is 3. The third-order valence-corrected chi connectivity index (χ3v) is 11.6. The summed E-state index contributed by atoms with van der Waals surface area (Å²) in [4.78, 5) is 41.5. The van der Waals surface area contributed by atoms with Crippen LogP contribution >= 0.6 is 0 Å². The molecule has 3 aliphatic heterocycles. The molecule has 3 aromatic heterocycles. The fourth-order valence-corrected chi connectivity index (χ4v) is 8.31. The number of likely N-dealkylation sites (N-methyl/N-ethyl adjacent to an activating group) is 1. The molecule has 8 rings (SSSR count). The Bertz CT molecular complexity index is 1810. The van der Waals surface area contributed by atoms with E-state index in [0.717, 1.165) is 117 Å². The van der Waals surface area contributed by atoms with Gasteiger partial charge in [-0.15, -0.1) is 0 Å². The Morgan fingerprint density at radius 1 is 1.06 bits per heavy atom. The summed E-state index contributed by atoms with van der Waals surface area (Å²) in [5.41, 5.74) is 10.2. The SMILES string of the molecule is C[C@@H](C(=O)N(C)c1ccc2cc(-c3n[nH]c4c3CCC(C)(C)C4)[nH]c2c1)N1CCN(CC2CCN(c3ccc(N4CCONO4)cn3)CC2)CC1. The molecule has 1 amide bonds. The van der Waals surface area contributed by atoms with Crippen molar-refractivity contribution in [1.82, 2.24) is 35.6 Å². The van der Waals surface area contributed by atoms with E-state index in [1.807, 2.05) is 18.1 Å². The van der Waals surface area contributed by atoms with Crippen molar-refractivity contribution in [2.45, 2.75) is 58.9 Å². The minimum atomic E-state index is -0.180. The fraction of sp³-hybridized carbons (Fsp3) is 0.553. The first kappa shape index (κ1) is 34.1. The number of H-pyrrole nitrogens is 2. The summed E-state index contributed by atoms with van der Waals surface area (Å²) in [6, 6.07) is 12.4. The lowest BCUT2D eigenvalue weighted by Crippen LogP contribution is -2.55. The van der Waals surface area contributed by atoms with Gasteiger partial charge < -0.3 is 19.7 Å². The number of aromatic amines is 2. The van der Waals surface area contributed by atoms with Crippen molar-refractivity contribution >= 4 is 34.0 Å². The van der Waals surface area contributed by atoms with Gasteiger partial charge in [-0.3, -0.25) is 19.6 Å². The molecular formula is C38H52N10O3. The summed E-state index contributed by atoms with van der Waals surface area (Å²) in [7, 11) is 1.90. The van der Waals surface area contributed by atoms with Crippen LogP contribution < -0.4 is 20.5 Å². The molecule has 3 saturated heterocycles. The molecule has 13 heteroatoms. The number of anilines is 3. The molecule has 1 aliphatic carbocycles. The van der Waals surface area contributed by atoms with Gasteiger partial charge in [0.1, 0.15) is 11.5 Å². The minimum Gasteiger partial charge on any atom is -0.357 e. The Labute approximate surface area is 300 Å². The molecule has 3 fully saturated rings. The maximum absolute atomic E-state index is 13.7. The number of piperidine rings is 1. The first-order valence-electron chi connectivity index (χ1n) is 18.7. The van der Waals surface area contributed by atoms with E-state index in [1.54, 1.807) is 5.06 Å². The highest BCUT2D eigenvalue weighted by molar-refractivity contribution is 5.99. The van der Waals surface area contributed by atoms with E-state index < -0.39 is 0 Å². The van der Waals surface area contributed by atoms with Crippen molar-refractivity contribution in [3.63, 3.8) is 0 Å². The number of carbonyl (C=O) groups excluding carboxylic acids is 1. The topological polar surface area (TPSA) is 121 Å².